The molecular formula is C20H30INO11Y. The Labute approximate surface area is 236 Å². The molecule has 1 aliphatic rings. The largest absolute Gasteiger partial charge is 0.479 e. The number of aliphatic carboxylic acids is 1. The van der Waals surface area contributed by atoms with Gasteiger partial charge < -0.3 is 48.1 Å². The van der Waals surface area contributed by atoms with Crippen LogP contribution in [0.1, 0.15) is 28.8 Å². The zero-order valence-corrected chi connectivity index (χ0v) is 23.5. The second-order valence-electron chi connectivity index (χ2n) is 6.83. The Balaban J connectivity index is 0.00000353. The van der Waals surface area contributed by atoms with E-state index in [0.717, 1.165) is 23.0 Å². The first-order chi connectivity index (χ1) is 15.9. The van der Waals surface area contributed by atoms with Crippen LogP contribution in [0.25, 0.3) is 0 Å². The number of halogens is 1. The van der Waals surface area contributed by atoms with Crippen molar-refractivity contribution in [2.45, 2.75) is 37.9 Å². The Morgan fingerprint density at radius 2 is 1.76 bits per heavy atom. The van der Waals surface area contributed by atoms with Crippen molar-refractivity contribution < 1.29 is 85.1 Å². The molecule has 1 amide bonds. The van der Waals surface area contributed by atoms with E-state index in [9.17, 15) is 19.8 Å². The Morgan fingerprint density at radius 3 is 2.38 bits per heavy atom. The van der Waals surface area contributed by atoms with Crippen molar-refractivity contribution in [1.82, 2.24) is 5.32 Å². The molecule has 1 aliphatic heterocycles. The number of carbonyl (C=O) groups excluding carboxylic acids is 1. The van der Waals surface area contributed by atoms with Gasteiger partial charge in [-0.3, -0.25) is 4.79 Å². The summed E-state index contributed by atoms with van der Waals surface area (Å²) in [6.07, 6.45) is -3.15. The molecule has 1 heterocycles. The molecular weight excluding hydrogens is 646 g/mol. The van der Waals surface area contributed by atoms with Gasteiger partial charge in [-0.15, -0.1) is 0 Å². The maximum absolute atomic E-state index is 12.6. The Hall–Kier alpha value is -0.486. The summed E-state index contributed by atoms with van der Waals surface area (Å²) in [5, 5.41) is 39.7. The number of rotatable bonds is 13. The van der Waals surface area contributed by atoms with Gasteiger partial charge in [0.2, 0.25) is 6.29 Å². The molecule has 1 fully saturated rings. The first kappa shape index (κ1) is 33.5. The van der Waals surface area contributed by atoms with Crippen molar-refractivity contribution in [3.63, 3.8) is 0 Å². The number of aliphatic hydroxyl groups excluding tert-OH is 3. The van der Waals surface area contributed by atoms with Gasteiger partial charge in [-0.2, -0.15) is 0 Å². The maximum Gasteiger partial charge on any atom is 0.333 e. The molecule has 1 aromatic rings. The average Bonchev–Trinajstić information content (AvgIpc) is 2.81. The molecule has 0 spiro atoms. The third-order valence-electron chi connectivity index (χ3n) is 4.41. The van der Waals surface area contributed by atoms with Crippen molar-refractivity contribution in [2.75, 3.05) is 39.6 Å². The molecule has 12 nitrogen and oxygen atoms in total. The van der Waals surface area contributed by atoms with Gasteiger partial charge in [-0.05, 0) is 17.7 Å². The smallest absolute Gasteiger partial charge is 0.333 e. The van der Waals surface area contributed by atoms with Gasteiger partial charge in [0.05, 0.1) is 51.3 Å². The van der Waals surface area contributed by atoms with Gasteiger partial charge in [0.25, 0.3) is 5.91 Å². The zero-order valence-electron chi connectivity index (χ0n) is 18.5. The second-order valence-corrected chi connectivity index (χ2v) is 6.83. The molecule has 0 aliphatic carbocycles. The van der Waals surface area contributed by atoms with E-state index in [2.05, 4.69) is 5.32 Å². The number of hydrogen-bond acceptors (Lipinski definition) is 10. The van der Waals surface area contributed by atoms with Crippen molar-refractivity contribution in [2.24, 2.45) is 0 Å². The molecule has 1 aromatic carbocycles. The Kier molecular flexibility index (Phi) is 19.4. The van der Waals surface area contributed by atoms with Crippen LogP contribution < -0.4 is 10.1 Å². The van der Waals surface area contributed by atoms with Crippen LogP contribution in [0, 0.1) is 0 Å². The number of hydrogen-bond donors (Lipinski definition) is 6. The van der Waals surface area contributed by atoms with Crippen LogP contribution in [0.4, 0.5) is 0 Å². The van der Waals surface area contributed by atoms with Crippen LogP contribution in [-0.2, 0) is 58.3 Å². The van der Waals surface area contributed by atoms with Crippen LogP contribution in [0.2, 0.25) is 0 Å². The number of ether oxygens (including phenoxy) is 4. The molecule has 3 unspecified atom stereocenters. The van der Waals surface area contributed by atoms with Gasteiger partial charge in [-0.1, -0.05) is 6.07 Å². The van der Waals surface area contributed by atoms with E-state index in [-0.39, 0.29) is 89.8 Å². The normalized spacial score (nSPS) is 19.3. The minimum atomic E-state index is -1.21. The van der Waals surface area contributed by atoms with Crippen molar-refractivity contribution in [1.29, 1.82) is 0 Å². The minimum absolute atomic E-state index is 0. The van der Waals surface area contributed by atoms with Crippen LogP contribution in [0.5, 0.6) is 5.75 Å². The molecule has 34 heavy (non-hydrogen) atoms. The monoisotopic (exact) mass is 676 g/mol. The van der Waals surface area contributed by atoms with Gasteiger partial charge in [0.1, 0.15) is 28.8 Å². The summed E-state index contributed by atoms with van der Waals surface area (Å²) in [4.78, 5) is 23.8. The zero-order chi connectivity index (χ0) is 24.6. The summed E-state index contributed by atoms with van der Waals surface area (Å²) < 4.78 is 28.4. The molecule has 3 atom stereocenters. The van der Waals surface area contributed by atoms with Gasteiger partial charge in [0.15, 0.2) is 6.10 Å². The molecule has 0 bridgehead atoms. The number of nitrogens with one attached hydrogen (secondary N) is 1. The fourth-order valence-corrected chi connectivity index (χ4v) is 2.91. The van der Waals surface area contributed by atoms with E-state index >= 15 is 0 Å². The average molecular weight is 676 g/mol. The Morgan fingerprint density at radius 1 is 1.09 bits per heavy atom. The molecule has 0 saturated carbocycles. The summed E-state index contributed by atoms with van der Waals surface area (Å²) in [5.74, 6) is -1.55. The predicted molar refractivity (Wildman–Crippen MR) is 122 cm³/mol. The first-order valence-corrected chi connectivity index (χ1v) is 11.1. The van der Waals surface area contributed by atoms with E-state index in [4.69, 9.17) is 32.6 Å². The number of amides is 1. The molecule has 191 valence electrons. The summed E-state index contributed by atoms with van der Waals surface area (Å²) in [6.45, 7) is 0.987. The SMILES string of the molecule is O=C(NCCOCCOCCO)c1cc(CO)ccc1OC1CC(O)CC(C(=O)O)O1.OI.[Y]. The summed E-state index contributed by atoms with van der Waals surface area (Å²) in [6, 6.07) is 4.51. The number of aliphatic hydroxyl groups is 3. The van der Waals surface area contributed by atoms with E-state index in [1.165, 1.54) is 12.1 Å². The van der Waals surface area contributed by atoms with Gasteiger partial charge in [0, 0.05) is 52.1 Å². The predicted octanol–water partition coefficient (Wildman–Crippen LogP) is -0.410. The van der Waals surface area contributed by atoms with Crippen molar-refractivity contribution >= 4 is 34.9 Å². The van der Waals surface area contributed by atoms with E-state index in [0.29, 0.717) is 18.8 Å². The number of benzene rings is 1. The molecule has 1 saturated heterocycles. The number of carboxylic acid groups (broad SMARTS) is 1. The van der Waals surface area contributed by atoms with Crippen molar-refractivity contribution in [3.8, 4) is 5.75 Å². The first-order valence-electron chi connectivity index (χ1n) is 10.1. The van der Waals surface area contributed by atoms with Crippen LogP contribution in [0.15, 0.2) is 18.2 Å². The quantitative estimate of drug-likeness (QED) is 0.118. The van der Waals surface area contributed by atoms with Crippen LogP contribution >= 0.6 is 23.0 Å². The minimum Gasteiger partial charge on any atom is -0.479 e. The third kappa shape index (κ3) is 12.5. The molecule has 6 N–H and O–H groups in total. The standard InChI is InChI=1S/C20H29NO10.HIO.Y/c22-4-6-29-8-7-28-5-3-21-19(25)15-9-13(12-23)1-2-16(15)30-18-11-14(24)10-17(31-18)20(26)27;1-2;/h1-2,9,14,17-18,22-24H,3-8,10-12H2,(H,21,25)(H,26,27);2H;. The van der Waals surface area contributed by atoms with Crippen LogP contribution in [-0.4, -0.2) is 93.8 Å². The molecule has 0 aromatic heterocycles. The van der Waals surface area contributed by atoms with E-state index in [1.807, 2.05) is 0 Å². The Bertz CT molecular complexity index is 728. The molecule has 2 rings (SSSR count). The summed E-state index contributed by atoms with van der Waals surface area (Å²) in [7, 11) is 0. The maximum atomic E-state index is 12.6. The topological polar surface area (TPSA) is 184 Å². The summed E-state index contributed by atoms with van der Waals surface area (Å²) >= 11 is 1.15. The van der Waals surface area contributed by atoms with Crippen molar-refractivity contribution in [3.05, 3.63) is 29.3 Å². The summed E-state index contributed by atoms with van der Waals surface area (Å²) in [5.41, 5.74) is 0.621. The second kappa shape index (κ2) is 19.7. The fraction of sp³-hybridized carbons (Fsp3) is 0.600. The third-order valence-corrected chi connectivity index (χ3v) is 4.41. The van der Waals surface area contributed by atoms with Gasteiger partial charge >= 0.3 is 5.97 Å². The van der Waals surface area contributed by atoms with Gasteiger partial charge in [-0.25, -0.2) is 4.79 Å². The number of carbonyl (C=O) groups is 2. The van der Waals surface area contributed by atoms with Crippen LogP contribution in [0.3, 0.4) is 0 Å². The fourth-order valence-electron chi connectivity index (χ4n) is 2.91. The van der Waals surface area contributed by atoms with E-state index in [1.54, 1.807) is 6.07 Å². The molecule has 14 heteroatoms. The number of carboxylic acids is 1. The van der Waals surface area contributed by atoms with E-state index < -0.39 is 30.4 Å². The molecule has 1 radical (unpaired) electrons.